The Morgan fingerprint density at radius 2 is 2.17 bits per heavy atom. The molecule has 1 saturated carbocycles. The van der Waals surface area contributed by atoms with Gasteiger partial charge in [-0.3, -0.25) is 0 Å². The van der Waals surface area contributed by atoms with Gasteiger partial charge in [-0.05, 0) is 31.9 Å². The molecule has 2 aromatic rings. The molecule has 0 bridgehead atoms. The Hall–Kier alpha value is -2.02. The Morgan fingerprint density at radius 1 is 1.39 bits per heavy atom. The van der Waals surface area contributed by atoms with Gasteiger partial charge in [-0.2, -0.15) is 0 Å². The van der Waals surface area contributed by atoms with E-state index >= 15 is 0 Å². The van der Waals surface area contributed by atoms with Gasteiger partial charge in [-0.25, -0.2) is 18.6 Å². The number of hydrogen-bond donors (Lipinski definition) is 2. The lowest BCUT2D eigenvalue weighted by molar-refractivity contribution is 0.240. The number of benzene rings is 1. The molecule has 3 rings (SSSR count). The van der Waals surface area contributed by atoms with Crippen LogP contribution in [0, 0.1) is 25.5 Å². The lowest BCUT2D eigenvalue weighted by Crippen LogP contribution is -2.36. The number of thiazole rings is 1. The van der Waals surface area contributed by atoms with Crippen molar-refractivity contribution in [3.8, 4) is 0 Å². The number of hydrogen-bond acceptors (Lipinski definition) is 3. The SMILES string of the molecule is Cc1nc(C)c(CNC(=O)N[C@H]2C[C@@H]2c2ccc(F)cc2F)s1. The molecule has 1 aliphatic carbocycles. The first-order valence-corrected chi connectivity index (χ1v) is 8.18. The molecule has 1 fully saturated rings. The summed E-state index contributed by atoms with van der Waals surface area (Å²) in [6.07, 6.45) is 0.661. The van der Waals surface area contributed by atoms with E-state index in [4.69, 9.17) is 0 Å². The fraction of sp³-hybridized carbons (Fsp3) is 0.375. The molecule has 2 atom stereocenters. The minimum absolute atomic E-state index is 0.0891. The number of nitrogens with zero attached hydrogens (tertiary/aromatic N) is 1. The predicted molar refractivity (Wildman–Crippen MR) is 84.5 cm³/mol. The molecule has 23 heavy (non-hydrogen) atoms. The van der Waals surface area contributed by atoms with Crippen LogP contribution in [0.1, 0.15) is 33.5 Å². The number of aromatic nitrogens is 1. The van der Waals surface area contributed by atoms with Crippen LogP contribution in [0.15, 0.2) is 18.2 Å². The molecule has 0 aliphatic heterocycles. The highest BCUT2D eigenvalue weighted by molar-refractivity contribution is 7.11. The summed E-state index contributed by atoms with van der Waals surface area (Å²) < 4.78 is 26.6. The summed E-state index contributed by atoms with van der Waals surface area (Å²) in [4.78, 5) is 17.2. The zero-order chi connectivity index (χ0) is 16.6. The minimum atomic E-state index is -0.593. The monoisotopic (exact) mass is 337 g/mol. The fourth-order valence-electron chi connectivity index (χ4n) is 2.62. The average molecular weight is 337 g/mol. The second-order valence-electron chi connectivity index (χ2n) is 5.68. The Kier molecular flexibility index (Phi) is 4.30. The van der Waals surface area contributed by atoms with Gasteiger partial charge in [-0.1, -0.05) is 6.07 Å². The molecule has 0 unspecified atom stereocenters. The predicted octanol–water partition coefficient (Wildman–Crippen LogP) is 3.39. The average Bonchev–Trinajstić information content (AvgIpc) is 3.13. The lowest BCUT2D eigenvalue weighted by Gasteiger charge is -2.07. The first-order chi connectivity index (χ1) is 10.9. The topological polar surface area (TPSA) is 54.0 Å². The second kappa shape index (κ2) is 6.23. The molecule has 1 heterocycles. The Morgan fingerprint density at radius 3 is 2.83 bits per heavy atom. The first kappa shape index (κ1) is 15.9. The summed E-state index contributed by atoms with van der Waals surface area (Å²) in [5.74, 6) is -1.24. The molecule has 7 heteroatoms. The van der Waals surface area contributed by atoms with Crippen LogP contribution in [0.2, 0.25) is 0 Å². The molecule has 0 saturated heterocycles. The van der Waals surface area contributed by atoms with Crippen molar-refractivity contribution in [2.75, 3.05) is 0 Å². The summed E-state index contributed by atoms with van der Waals surface area (Å²) >= 11 is 1.55. The van der Waals surface area contributed by atoms with E-state index in [-0.39, 0.29) is 18.0 Å². The van der Waals surface area contributed by atoms with Crippen LogP contribution in [0.3, 0.4) is 0 Å². The van der Waals surface area contributed by atoms with E-state index in [1.54, 1.807) is 11.3 Å². The van der Waals surface area contributed by atoms with Crippen LogP contribution in [-0.2, 0) is 6.54 Å². The van der Waals surface area contributed by atoms with E-state index in [1.807, 2.05) is 13.8 Å². The lowest BCUT2D eigenvalue weighted by atomic mass is 10.1. The summed E-state index contributed by atoms with van der Waals surface area (Å²) in [7, 11) is 0. The van der Waals surface area contributed by atoms with E-state index < -0.39 is 11.6 Å². The van der Waals surface area contributed by atoms with Crippen LogP contribution in [0.25, 0.3) is 0 Å². The van der Waals surface area contributed by atoms with Gasteiger partial charge in [-0.15, -0.1) is 11.3 Å². The third kappa shape index (κ3) is 3.67. The normalized spacial score (nSPS) is 19.5. The minimum Gasteiger partial charge on any atom is -0.335 e. The molecule has 0 spiro atoms. The van der Waals surface area contributed by atoms with Crippen molar-refractivity contribution in [3.05, 3.63) is 51.0 Å². The summed E-state index contributed by atoms with van der Waals surface area (Å²) in [5, 5.41) is 6.57. The van der Waals surface area contributed by atoms with Gasteiger partial charge in [0.1, 0.15) is 11.6 Å². The van der Waals surface area contributed by atoms with Gasteiger partial charge >= 0.3 is 6.03 Å². The molecule has 122 valence electrons. The molecular weight excluding hydrogens is 320 g/mol. The smallest absolute Gasteiger partial charge is 0.315 e. The fourth-order valence-corrected chi connectivity index (χ4v) is 3.49. The number of halogens is 2. The van der Waals surface area contributed by atoms with Crippen molar-refractivity contribution >= 4 is 17.4 Å². The number of nitrogens with one attached hydrogen (secondary N) is 2. The standard InChI is InChI=1S/C16H17F2N3OS/c1-8-15(23-9(2)20-8)7-19-16(22)21-14-6-12(14)11-4-3-10(17)5-13(11)18/h3-5,12,14H,6-7H2,1-2H3,(H2,19,21,22)/t12-,14+/m1/s1. The van der Waals surface area contributed by atoms with Gasteiger partial charge < -0.3 is 10.6 Å². The molecule has 1 aromatic heterocycles. The van der Waals surface area contributed by atoms with Crippen molar-refractivity contribution in [1.82, 2.24) is 15.6 Å². The van der Waals surface area contributed by atoms with Crippen molar-refractivity contribution in [1.29, 1.82) is 0 Å². The maximum Gasteiger partial charge on any atom is 0.315 e. The van der Waals surface area contributed by atoms with Crippen LogP contribution in [-0.4, -0.2) is 17.1 Å². The zero-order valence-corrected chi connectivity index (χ0v) is 13.6. The Labute approximate surface area is 136 Å². The molecule has 1 aromatic carbocycles. The maximum atomic E-state index is 13.7. The Bertz CT molecular complexity index is 747. The van der Waals surface area contributed by atoms with Crippen LogP contribution in [0.5, 0.6) is 0 Å². The maximum absolute atomic E-state index is 13.7. The number of aryl methyl sites for hydroxylation is 2. The highest BCUT2D eigenvalue weighted by Crippen LogP contribution is 2.41. The molecule has 2 N–H and O–H groups in total. The van der Waals surface area contributed by atoms with Crippen molar-refractivity contribution in [3.63, 3.8) is 0 Å². The van der Waals surface area contributed by atoms with Gasteiger partial charge in [0, 0.05) is 22.9 Å². The molecule has 0 radical (unpaired) electrons. The van der Waals surface area contributed by atoms with E-state index in [0.29, 0.717) is 18.5 Å². The number of carbonyl (C=O) groups excluding carboxylic acids is 1. The first-order valence-electron chi connectivity index (χ1n) is 7.36. The largest absolute Gasteiger partial charge is 0.335 e. The molecule has 2 amide bonds. The highest BCUT2D eigenvalue weighted by Gasteiger charge is 2.41. The molecule has 1 aliphatic rings. The summed E-state index contributed by atoms with van der Waals surface area (Å²) in [6, 6.07) is 3.16. The summed E-state index contributed by atoms with van der Waals surface area (Å²) in [5.41, 5.74) is 1.37. The highest BCUT2D eigenvalue weighted by atomic mass is 32.1. The third-order valence-corrected chi connectivity index (χ3v) is 4.95. The third-order valence-electron chi connectivity index (χ3n) is 3.88. The molecular formula is C16H17F2N3OS. The second-order valence-corrected chi connectivity index (χ2v) is 6.97. The van der Waals surface area contributed by atoms with Crippen LogP contribution in [0.4, 0.5) is 13.6 Å². The van der Waals surface area contributed by atoms with Crippen LogP contribution < -0.4 is 10.6 Å². The van der Waals surface area contributed by atoms with Crippen LogP contribution >= 0.6 is 11.3 Å². The number of urea groups is 1. The van der Waals surface area contributed by atoms with E-state index in [1.165, 1.54) is 12.1 Å². The summed E-state index contributed by atoms with van der Waals surface area (Å²) in [6.45, 7) is 4.26. The van der Waals surface area contributed by atoms with Gasteiger partial charge in [0.15, 0.2) is 0 Å². The number of carbonyl (C=O) groups is 1. The quantitative estimate of drug-likeness (QED) is 0.898. The van der Waals surface area contributed by atoms with E-state index in [2.05, 4.69) is 15.6 Å². The van der Waals surface area contributed by atoms with E-state index in [0.717, 1.165) is 21.6 Å². The van der Waals surface area contributed by atoms with Crippen molar-refractivity contribution in [2.45, 2.75) is 38.8 Å². The number of rotatable bonds is 4. The zero-order valence-electron chi connectivity index (χ0n) is 12.8. The van der Waals surface area contributed by atoms with E-state index in [9.17, 15) is 13.6 Å². The van der Waals surface area contributed by atoms with Gasteiger partial charge in [0.05, 0.1) is 17.2 Å². The number of amides is 2. The molecule has 4 nitrogen and oxygen atoms in total. The van der Waals surface area contributed by atoms with Gasteiger partial charge in [0.25, 0.3) is 0 Å². The van der Waals surface area contributed by atoms with Crippen molar-refractivity contribution < 1.29 is 13.6 Å². The van der Waals surface area contributed by atoms with Crippen molar-refractivity contribution in [2.24, 2.45) is 0 Å². The Balaban J connectivity index is 1.51. The van der Waals surface area contributed by atoms with Gasteiger partial charge in [0.2, 0.25) is 0 Å².